The maximum atomic E-state index is 12.9. The SMILES string of the molecule is CCCCCCCO[C@H]1O[C@H]([C@@H](CN2CCOCC2)OC(=O)Nc2ccc(Cl)cc2)[C@@H]2OC(C)(C)O[C@H]12. The molecule has 0 spiro atoms. The minimum absolute atomic E-state index is 0.397. The van der Waals surface area contributed by atoms with E-state index >= 15 is 0 Å². The minimum Gasteiger partial charge on any atom is -0.442 e. The lowest BCUT2D eigenvalue weighted by atomic mass is 10.0. The van der Waals surface area contributed by atoms with E-state index in [1.54, 1.807) is 24.3 Å². The van der Waals surface area contributed by atoms with Crippen LogP contribution >= 0.6 is 11.6 Å². The fraction of sp³-hybridized carbons (Fsp3) is 0.741. The third-order valence-electron chi connectivity index (χ3n) is 6.83. The summed E-state index contributed by atoms with van der Waals surface area (Å²) in [5.74, 6) is -0.783. The first-order valence-electron chi connectivity index (χ1n) is 13.5. The Morgan fingerprint density at radius 3 is 2.54 bits per heavy atom. The molecule has 0 bridgehead atoms. The van der Waals surface area contributed by atoms with Gasteiger partial charge in [0.15, 0.2) is 12.1 Å². The predicted octanol–water partition coefficient (Wildman–Crippen LogP) is 4.82. The molecule has 3 aliphatic heterocycles. The van der Waals surface area contributed by atoms with E-state index in [0.717, 1.165) is 25.9 Å². The van der Waals surface area contributed by atoms with Crippen molar-refractivity contribution in [2.45, 2.75) is 89.4 Å². The predicted molar refractivity (Wildman–Crippen MR) is 140 cm³/mol. The van der Waals surface area contributed by atoms with Gasteiger partial charge in [0.2, 0.25) is 0 Å². The molecule has 208 valence electrons. The first kappa shape index (κ1) is 28.5. The summed E-state index contributed by atoms with van der Waals surface area (Å²) in [6.45, 7) is 9.81. The molecule has 3 aliphatic rings. The van der Waals surface area contributed by atoms with Gasteiger partial charge in [-0.2, -0.15) is 0 Å². The number of halogens is 1. The third kappa shape index (κ3) is 8.26. The number of hydrogen-bond donors (Lipinski definition) is 1. The zero-order chi connectivity index (χ0) is 26.3. The molecule has 10 heteroatoms. The normalized spacial score (nSPS) is 28.1. The van der Waals surface area contributed by atoms with E-state index in [-0.39, 0.29) is 0 Å². The summed E-state index contributed by atoms with van der Waals surface area (Å²) in [7, 11) is 0. The topological polar surface area (TPSA) is 87.7 Å². The monoisotopic (exact) mass is 540 g/mol. The fourth-order valence-corrected chi connectivity index (χ4v) is 5.12. The quantitative estimate of drug-likeness (QED) is 0.377. The van der Waals surface area contributed by atoms with Crippen LogP contribution < -0.4 is 5.32 Å². The van der Waals surface area contributed by atoms with E-state index in [1.165, 1.54) is 19.3 Å². The van der Waals surface area contributed by atoms with Crippen molar-refractivity contribution in [1.82, 2.24) is 4.90 Å². The molecular formula is C27H41ClN2O7. The smallest absolute Gasteiger partial charge is 0.412 e. The van der Waals surface area contributed by atoms with Gasteiger partial charge in [-0.15, -0.1) is 0 Å². The molecule has 4 rings (SSSR count). The minimum atomic E-state index is -0.783. The maximum absolute atomic E-state index is 12.9. The van der Waals surface area contributed by atoms with Crippen molar-refractivity contribution in [3.8, 4) is 0 Å². The van der Waals surface area contributed by atoms with Gasteiger partial charge >= 0.3 is 6.09 Å². The van der Waals surface area contributed by atoms with Crippen molar-refractivity contribution in [1.29, 1.82) is 0 Å². The molecule has 0 aliphatic carbocycles. The number of anilines is 1. The van der Waals surface area contributed by atoms with Crippen LogP contribution in [0.15, 0.2) is 24.3 Å². The van der Waals surface area contributed by atoms with Crippen LogP contribution in [-0.2, 0) is 28.4 Å². The van der Waals surface area contributed by atoms with Crippen molar-refractivity contribution in [3.05, 3.63) is 29.3 Å². The Labute approximate surface area is 225 Å². The maximum Gasteiger partial charge on any atom is 0.412 e. The summed E-state index contributed by atoms with van der Waals surface area (Å²) in [6, 6.07) is 6.87. The molecule has 3 heterocycles. The van der Waals surface area contributed by atoms with Crippen LogP contribution in [0, 0.1) is 0 Å². The van der Waals surface area contributed by atoms with Crippen molar-refractivity contribution in [3.63, 3.8) is 0 Å². The summed E-state index contributed by atoms with van der Waals surface area (Å²) in [5.41, 5.74) is 0.593. The highest BCUT2D eigenvalue weighted by atomic mass is 35.5. The molecule has 0 unspecified atom stereocenters. The van der Waals surface area contributed by atoms with Gasteiger partial charge in [-0.05, 0) is 44.5 Å². The molecule has 0 radical (unpaired) electrons. The second kappa shape index (κ2) is 13.6. The molecule has 5 atom stereocenters. The number of unbranched alkanes of at least 4 members (excludes halogenated alkanes) is 4. The Kier molecular flexibility index (Phi) is 10.5. The second-order valence-corrected chi connectivity index (χ2v) is 10.7. The van der Waals surface area contributed by atoms with Gasteiger partial charge in [0, 0.05) is 37.0 Å². The number of morpholine rings is 1. The van der Waals surface area contributed by atoms with Crippen LogP contribution in [0.4, 0.5) is 10.5 Å². The van der Waals surface area contributed by atoms with E-state index in [2.05, 4.69) is 17.1 Å². The summed E-state index contributed by atoms with van der Waals surface area (Å²) in [4.78, 5) is 15.1. The molecule has 3 fully saturated rings. The van der Waals surface area contributed by atoms with Gasteiger partial charge in [-0.1, -0.05) is 44.2 Å². The first-order chi connectivity index (χ1) is 17.8. The lowest BCUT2D eigenvalue weighted by Gasteiger charge is -2.34. The summed E-state index contributed by atoms with van der Waals surface area (Å²) in [6.07, 6.45) is 2.59. The van der Waals surface area contributed by atoms with Crippen LogP contribution in [0.3, 0.4) is 0 Å². The number of fused-ring (bicyclic) bond motifs is 1. The van der Waals surface area contributed by atoms with Gasteiger partial charge in [-0.3, -0.25) is 10.2 Å². The number of nitrogens with zero attached hydrogens (tertiary/aromatic N) is 1. The van der Waals surface area contributed by atoms with Crippen LogP contribution in [-0.4, -0.2) is 86.9 Å². The Balaban J connectivity index is 1.43. The Bertz CT molecular complexity index is 850. The fourth-order valence-electron chi connectivity index (χ4n) is 4.99. The molecule has 3 saturated heterocycles. The Hall–Kier alpha value is -1.46. The zero-order valence-electron chi connectivity index (χ0n) is 22.2. The first-order valence-corrected chi connectivity index (χ1v) is 13.9. The van der Waals surface area contributed by atoms with E-state index < -0.39 is 42.6 Å². The molecule has 0 saturated carbocycles. The number of amides is 1. The number of benzene rings is 1. The number of carbonyl (C=O) groups is 1. The lowest BCUT2D eigenvalue weighted by molar-refractivity contribution is -0.243. The average Bonchev–Trinajstić information content (AvgIpc) is 3.36. The van der Waals surface area contributed by atoms with Crippen LogP contribution in [0.25, 0.3) is 0 Å². The number of ether oxygens (including phenoxy) is 6. The lowest BCUT2D eigenvalue weighted by Crippen LogP contribution is -2.50. The van der Waals surface area contributed by atoms with Gasteiger partial charge in [0.1, 0.15) is 24.4 Å². The second-order valence-electron chi connectivity index (χ2n) is 10.3. The molecule has 37 heavy (non-hydrogen) atoms. The molecule has 1 N–H and O–H groups in total. The van der Waals surface area contributed by atoms with E-state index in [1.807, 2.05) is 13.8 Å². The number of carbonyl (C=O) groups excluding carboxylic acids is 1. The third-order valence-corrected chi connectivity index (χ3v) is 7.09. The molecule has 1 aromatic rings. The standard InChI is InChI=1S/C27H41ClN2O7/c1-4-5-6-7-8-15-33-25-24-23(36-27(2,3)37-24)22(35-25)21(18-30-13-16-32-17-14-30)34-26(31)29-20-11-9-19(28)10-12-20/h9-12,21-25H,4-8,13-18H2,1-3H3,(H,29,31)/t21-,22-,23+,24+,25+/m1/s1. The van der Waals surface area contributed by atoms with Crippen molar-refractivity contribution >= 4 is 23.4 Å². The van der Waals surface area contributed by atoms with E-state index in [4.69, 9.17) is 40.0 Å². The molecule has 9 nitrogen and oxygen atoms in total. The van der Waals surface area contributed by atoms with Gasteiger partial charge < -0.3 is 28.4 Å². The molecular weight excluding hydrogens is 500 g/mol. The van der Waals surface area contributed by atoms with Gasteiger partial charge in [0.05, 0.1) is 13.2 Å². The molecule has 0 aromatic heterocycles. The molecule has 1 aromatic carbocycles. The highest BCUT2D eigenvalue weighted by Crippen LogP contribution is 2.41. The highest BCUT2D eigenvalue weighted by Gasteiger charge is 2.58. The van der Waals surface area contributed by atoms with Gasteiger partial charge in [-0.25, -0.2) is 4.79 Å². The van der Waals surface area contributed by atoms with E-state index in [9.17, 15) is 4.79 Å². The van der Waals surface area contributed by atoms with Crippen molar-refractivity contribution < 1.29 is 33.2 Å². The number of nitrogens with one attached hydrogen (secondary N) is 1. The Morgan fingerprint density at radius 2 is 1.81 bits per heavy atom. The summed E-state index contributed by atoms with van der Waals surface area (Å²) in [5, 5.41) is 3.37. The van der Waals surface area contributed by atoms with Crippen molar-refractivity contribution in [2.24, 2.45) is 0 Å². The van der Waals surface area contributed by atoms with Crippen molar-refractivity contribution in [2.75, 3.05) is 44.8 Å². The molecule has 1 amide bonds. The largest absolute Gasteiger partial charge is 0.442 e. The summed E-state index contributed by atoms with van der Waals surface area (Å²) < 4.78 is 36.4. The highest BCUT2D eigenvalue weighted by molar-refractivity contribution is 6.30. The van der Waals surface area contributed by atoms with Gasteiger partial charge in [0.25, 0.3) is 0 Å². The van der Waals surface area contributed by atoms with Crippen LogP contribution in [0.1, 0.15) is 52.9 Å². The number of rotatable bonds is 12. The van der Waals surface area contributed by atoms with E-state index in [0.29, 0.717) is 37.1 Å². The van der Waals surface area contributed by atoms with Crippen LogP contribution in [0.2, 0.25) is 5.02 Å². The summed E-state index contributed by atoms with van der Waals surface area (Å²) >= 11 is 5.97. The van der Waals surface area contributed by atoms with Crippen LogP contribution in [0.5, 0.6) is 0 Å². The number of hydrogen-bond acceptors (Lipinski definition) is 8. The average molecular weight is 541 g/mol. The Morgan fingerprint density at radius 1 is 1.11 bits per heavy atom. The zero-order valence-corrected chi connectivity index (χ0v) is 22.9.